The molecule has 0 amide bonds. The van der Waals surface area contributed by atoms with E-state index in [1.165, 1.54) is 37.1 Å². The van der Waals surface area contributed by atoms with Crippen molar-refractivity contribution in [3.8, 4) is 0 Å². The molecule has 1 aliphatic rings. The highest BCUT2D eigenvalue weighted by Crippen LogP contribution is 2.33. The van der Waals surface area contributed by atoms with Gasteiger partial charge >= 0.3 is 0 Å². The molecule has 0 aliphatic heterocycles. The minimum atomic E-state index is 0.668. The predicted molar refractivity (Wildman–Crippen MR) is 65.7 cm³/mol. The summed E-state index contributed by atoms with van der Waals surface area (Å²) in [6.07, 6.45) is 13.3. The number of hydrogen-bond donors (Lipinski definition) is 0. The van der Waals surface area contributed by atoms with E-state index in [9.17, 15) is 0 Å². The summed E-state index contributed by atoms with van der Waals surface area (Å²) in [4.78, 5) is 4.54. The maximum Gasteiger partial charge on any atom is 0.112 e. The van der Waals surface area contributed by atoms with Gasteiger partial charge in [-0.05, 0) is 12.8 Å². The molecule has 0 radical (unpaired) electrons. The molecule has 0 saturated heterocycles. The second-order valence-electron chi connectivity index (χ2n) is 4.92. The minimum Gasteiger partial charge on any atom is -0.330 e. The molecule has 2 aromatic heterocycles. The van der Waals surface area contributed by atoms with Gasteiger partial charge in [0.2, 0.25) is 0 Å². The predicted octanol–water partition coefficient (Wildman–Crippen LogP) is 2.32. The van der Waals surface area contributed by atoms with Gasteiger partial charge in [-0.15, -0.1) is 0 Å². The topological polar surface area (TPSA) is 35.6 Å². The van der Waals surface area contributed by atoms with Crippen molar-refractivity contribution >= 4 is 0 Å². The zero-order valence-corrected chi connectivity index (χ0v) is 10.2. The zero-order chi connectivity index (χ0) is 11.7. The van der Waals surface area contributed by atoms with Crippen LogP contribution in [0.2, 0.25) is 0 Å². The first-order valence-corrected chi connectivity index (χ1v) is 6.31. The van der Waals surface area contributed by atoms with E-state index in [0.29, 0.717) is 5.92 Å². The Balaban J connectivity index is 1.81. The summed E-state index contributed by atoms with van der Waals surface area (Å²) in [5, 5.41) is 4.21. The first kappa shape index (κ1) is 10.6. The Kier molecular flexibility index (Phi) is 2.71. The van der Waals surface area contributed by atoms with Crippen LogP contribution in [0.15, 0.2) is 24.8 Å². The third-order valence-corrected chi connectivity index (χ3v) is 3.58. The summed E-state index contributed by atoms with van der Waals surface area (Å²) >= 11 is 0. The molecule has 0 atom stereocenters. The molecule has 1 saturated carbocycles. The Bertz CT molecular complexity index is 491. The molecule has 0 bridgehead atoms. The Labute approximate surface area is 101 Å². The molecule has 0 unspecified atom stereocenters. The van der Waals surface area contributed by atoms with Crippen molar-refractivity contribution in [2.24, 2.45) is 7.05 Å². The lowest BCUT2D eigenvalue weighted by Gasteiger charge is -2.11. The minimum absolute atomic E-state index is 0.668. The highest BCUT2D eigenvalue weighted by atomic mass is 15.2. The molecule has 0 aromatic carbocycles. The molecular formula is C13H18N4. The molecule has 0 N–H and O–H groups in total. The van der Waals surface area contributed by atoms with Crippen molar-refractivity contribution in [2.45, 2.75) is 38.1 Å². The second kappa shape index (κ2) is 4.35. The van der Waals surface area contributed by atoms with Crippen LogP contribution in [0.4, 0.5) is 0 Å². The molecule has 1 fully saturated rings. The highest BCUT2D eigenvalue weighted by molar-refractivity contribution is 5.09. The Morgan fingerprint density at radius 3 is 2.88 bits per heavy atom. The molecule has 4 nitrogen and oxygen atoms in total. The molecule has 90 valence electrons. The molecule has 4 heteroatoms. The fourth-order valence-electron chi connectivity index (χ4n) is 2.75. The van der Waals surface area contributed by atoms with E-state index < -0.39 is 0 Å². The van der Waals surface area contributed by atoms with Crippen LogP contribution in [0.25, 0.3) is 0 Å². The van der Waals surface area contributed by atoms with Crippen molar-refractivity contribution in [2.75, 3.05) is 0 Å². The van der Waals surface area contributed by atoms with Gasteiger partial charge in [-0.3, -0.25) is 4.68 Å². The Hall–Kier alpha value is -1.58. The van der Waals surface area contributed by atoms with Crippen molar-refractivity contribution in [1.29, 1.82) is 0 Å². The quantitative estimate of drug-likeness (QED) is 0.811. The molecule has 2 aromatic rings. The highest BCUT2D eigenvalue weighted by Gasteiger charge is 2.21. The van der Waals surface area contributed by atoms with E-state index in [2.05, 4.69) is 27.0 Å². The molecule has 2 heterocycles. The van der Waals surface area contributed by atoms with Crippen LogP contribution < -0.4 is 0 Å². The Morgan fingerprint density at radius 1 is 1.35 bits per heavy atom. The normalized spacial score (nSPS) is 16.8. The standard InChI is InChI=1S/C13H18N4/c1-16-9-11(8-15-16)10-17-7-6-14-13(17)12-4-2-3-5-12/h6-9,12H,2-5,10H2,1H3. The average molecular weight is 230 g/mol. The molecule has 1 aliphatic carbocycles. The van der Waals surface area contributed by atoms with E-state index in [1.54, 1.807) is 0 Å². The first-order valence-electron chi connectivity index (χ1n) is 6.31. The monoisotopic (exact) mass is 230 g/mol. The van der Waals surface area contributed by atoms with E-state index in [-0.39, 0.29) is 0 Å². The summed E-state index contributed by atoms with van der Waals surface area (Å²) in [6, 6.07) is 0. The van der Waals surface area contributed by atoms with Gasteiger partial charge in [-0.1, -0.05) is 12.8 Å². The maximum absolute atomic E-state index is 4.54. The lowest BCUT2D eigenvalue weighted by molar-refractivity contribution is 0.610. The molecule has 3 rings (SSSR count). The number of hydrogen-bond acceptors (Lipinski definition) is 2. The fourth-order valence-corrected chi connectivity index (χ4v) is 2.75. The van der Waals surface area contributed by atoms with E-state index in [1.807, 2.05) is 24.1 Å². The second-order valence-corrected chi connectivity index (χ2v) is 4.92. The van der Waals surface area contributed by atoms with Gasteiger partial charge in [0.25, 0.3) is 0 Å². The van der Waals surface area contributed by atoms with Crippen LogP contribution in [0.1, 0.15) is 43.0 Å². The van der Waals surface area contributed by atoms with Gasteiger partial charge in [0.05, 0.1) is 12.7 Å². The van der Waals surface area contributed by atoms with Crippen molar-refractivity contribution in [3.05, 3.63) is 36.2 Å². The van der Waals surface area contributed by atoms with Gasteiger partial charge in [0.1, 0.15) is 5.82 Å². The molecule has 17 heavy (non-hydrogen) atoms. The fraction of sp³-hybridized carbons (Fsp3) is 0.538. The third kappa shape index (κ3) is 2.12. The van der Waals surface area contributed by atoms with E-state index in [0.717, 1.165) is 6.54 Å². The summed E-state index contributed by atoms with van der Waals surface area (Å²) in [6.45, 7) is 0.889. The van der Waals surface area contributed by atoms with Crippen LogP contribution in [0.5, 0.6) is 0 Å². The van der Waals surface area contributed by atoms with Gasteiger partial charge < -0.3 is 4.57 Å². The Morgan fingerprint density at radius 2 is 2.18 bits per heavy atom. The summed E-state index contributed by atoms with van der Waals surface area (Å²) in [7, 11) is 1.95. The summed E-state index contributed by atoms with van der Waals surface area (Å²) < 4.78 is 4.12. The third-order valence-electron chi connectivity index (χ3n) is 3.58. The first-order chi connectivity index (χ1) is 8.33. The van der Waals surface area contributed by atoms with Gasteiger partial charge in [-0.25, -0.2) is 4.98 Å². The van der Waals surface area contributed by atoms with Gasteiger partial charge in [0, 0.05) is 37.1 Å². The van der Waals surface area contributed by atoms with Crippen LogP contribution in [-0.4, -0.2) is 19.3 Å². The maximum atomic E-state index is 4.54. The van der Waals surface area contributed by atoms with Gasteiger partial charge in [0.15, 0.2) is 0 Å². The van der Waals surface area contributed by atoms with Crippen molar-refractivity contribution < 1.29 is 0 Å². The van der Waals surface area contributed by atoms with E-state index >= 15 is 0 Å². The summed E-state index contributed by atoms with van der Waals surface area (Å²) in [5.74, 6) is 1.92. The zero-order valence-electron chi connectivity index (χ0n) is 10.2. The van der Waals surface area contributed by atoms with Crippen LogP contribution in [0, 0.1) is 0 Å². The van der Waals surface area contributed by atoms with Crippen LogP contribution >= 0.6 is 0 Å². The SMILES string of the molecule is Cn1cc(Cn2ccnc2C2CCCC2)cn1. The average Bonchev–Trinajstić information content (AvgIpc) is 3.00. The number of nitrogens with zero attached hydrogens (tertiary/aromatic N) is 4. The lowest BCUT2D eigenvalue weighted by Crippen LogP contribution is -2.07. The molecule has 0 spiro atoms. The number of rotatable bonds is 3. The summed E-state index contributed by atoms with van der Waals surface area (Å²) in [5.41, 5.74) is 1.24. The lowest BCUT2D eigenvalue weighted by atomic mass is 10.1. The number of imidazole rings is 1. The number of aryl methyl sites for hydroxylation is 1. The van der Waals surface area contributed by atoms with Crippen molar-refractivity contribution in [3.63, 3.8) is 0 Å². The van der Waals surface area contributed by atoms with E-state index in [4.69, 9.17) is 0 Å². The largest absolute Gasteiger partial charge is 0.330 e. The van der Waals surface area contributed by atoms with Crippen LogP contribution in [0.3, 0.4) is 0 Å². The number of aromatic nitrogens is 4. The van der Waals surface area contributed by atoms with Gasteiger partial charge in [-0.2, -0.15) is 5.10 Å². The molecular weight excluding hydrogens is 212 g/mol. The smallest absolute Gasteiger partial charge is 0.112 e. The van der Waals surface area contributed by atoms with Crippen molar-refractivity contribution in [1.82, 2.24) is 19.3 Å². The van der Waals surface area contributed by atoms with Crippen LogP contribution in [-0.2, 0) is 13.6 Å².